The number of amides is 4. The third-order valence-corrected chi connectivity index (χ3v) is 11.7. The van der Waals surface area contributed by atoms with Crippen molar-refractivity contribution in [1.82, 2.24) is 20.1 Å². The van der Waals surface area contributed by atoms with E-state index in [9.17, 15) is 54.0 Å². The first kappa shape index (κ1) is 39.5. The van der Waals surface area contributed by atoms with Gasteiger partial charge in [-0.2, -0.15) is 0 Å². The molecule has 0 aliphatic carbocycles. The number of carboxylic acids is 3. The number of nitrogens with one attached hydrogen (secondary N) is 1. The highest BCUT2D eigenvalue weighted by molar-refractivity contribution is 8.00. The fourth-order valence-electron chi connectivity index (χ4n) is 6.38. The van der Waals surface area contributed by atoms with Crippen LogP contribution in [0.1, 0.15) is 53.6 Å². The highest BCUT2D eigenvalue weighted by Crippen LogP contribution is 2.45. The number of carbonyl (C=O) groups is 7. The van der Waals surface area contributed by atoms with Crippen LogP contribution in [0, 0.1) is 0 Å². The number of thioether (sulfide) groups is 1. The van der Waals surface area contributed by atoms with Gasteiger partial charge >= 0.3 is 17.9 Å². The van der Waals surface area contributed by atoms with Crippen molar-refractivity contribution in [3.8, 4) is 11.5 Å². The number of carbonyl (C=O) groups excluding carboxylic acids is 4. The molecule has 1 unspecified atom stereocenters. The van der Waals surface area contributed by atoms with Crippen LogP contribution < -0.4 is 11.1 Å². The maximum Gasteiger partial charge on any atom is 0.352 e. The Morgan fingerprint density at radius 1 is 1.09 bits per heavy atom. The molecule has 3 aliphatic heterocycles. The molecule has 8 N–H and O–H groups in total. The minimum atomic E-state index is -1.97. The van der Waals surface area contributed by atoms with E-state index in [0.29, 0.717) is 18.7 Å². The van der Waals surface area contributed by atoms with Crippen molar-refractivity contribution in [2.45, 2.75) is 50.0 Å². The van der Waals surface area contributed by atoms with Gasteiger partial charge in [-0.1, -0.05) is 5.16 Å². The summed E-state index contributed by atoms with van der Waals surface area (Å²) in [5.41, 5.74) is 4.71. The first-order valence-electron chi connectivity index (χ1n) is 16.4. The van der Waals surface area contributed by atoms with Gasteiger partial charge in [0.05, 0.1) is 43.7 Å². The summed E-state index contributed by atoms with van der Waals surface area (Å²) >= 11 is 2.11. The van der Waals surface area contributed by atoms with Crippen molar-refractivity contribution in [2.75, 3.05) is 38.5 Å². The number of β-lactam (4-membered cyclic amide) rings is 1. The predicted molar refractivity (Wildman–Crippen MR) is 188 cm³/mol. The minimum Gasteiger partial charge on any atom is -0.504 e. The molecule has 1 fully saturated rings. The van der Waals surface area contributed by atoms with Gasteiger partial charge in [0.25, 0.3) is 23.6 Å². The van der Waals surface area contributed by atoms with Crippen LogP contribution in [0.25, 0.3) is 0 Å². The monoisotopic (exact) mass is 790 g/mol. The average molecular weight is 791 g/mol. The molecule has 4 amide bonds. The van der Waals surface area contributed by atoms with Gasteiger partial charge in [-0.05, 0) is 32.9 Å². The summed E-state index contributed by atoms with van der Waals surface area (Å²) < 4.78 is 0.199. The summed E-state index contributed by atoms with van der Waals surface area (Å²) in [6, 6.07) is 1.10. The summed E-state index contributed by atoms with van der Waals surface area (Å²) in [7, 11) is 0. The number of hydrogen-bond acceptors (Lipinski definition) is 15. The molecular weight excluding hydrogens is 755 g/mol. The number of nitrogens with two attached hydrogens (primary N) is 1. The number of quaternary nitrogens is 1. The lowest BCUT2D eigenvalue weighted by Crippen LogP contribution is -2.72. The summed E-state index contributed by atoms with van der Waals surface area (Å²) in [6.07, 6.45) is -2.95. The quantitative estimate of drug-likeness (QED) is 0.0295. The lowest BCUT2D eigenvalue weighted by molar-refractivity contribution is -0.919. The largest absolute Gasteiger partial charge is 0.504 e. The Kier molecular flexibility index (Phi) is 11.2. The second-order valence-corrected chi connectivity index (χ2v) is 14.9. The van der Waals surface area contributed by atoms with E-state index in [-0.39, 0.29) is 51.8 Å². The van der Waals surface area contributed by atoms with E-state index in [0.717, 1.165) is 27.2 Å². The van der Waals surface area contributed by atoms with Crippen LogP contribution in [-0.2, 0) is 28.8 Å². The van der Waals surface area contributed by atoms with E-state index in [1.165, 1.54) is 23.2 Å². The van der Waals surface area contributed by atoms with Crippen LogP contribution >= 0.6 is 23.1 Å². The molecule has 0 spiro atoms. The lowest BCUT2D eigenvalue weighted by atomic mass is 9.99. The molecule has 3 aliphatic rings. The Morgan fingerprint density at radius 2 is 1.78 bits per heavy atom. The maximum atomic E-state index is 13.6. The topological polar surface area (TPSA) is 300 Å². The molecule has 22 heteroatoms. The average Bonchev–Trinajstić information content (AvgIpc) is 3.65. The zero-order chi connectivity index (χ0) is 39.8. The molecule has 54 heavy (non-hydrogen) atoms. The third-order valence-electron chi connectivity index (χ3n) is 9.53. The van der Waals surface area contributed by atoms with Gasteiger partial charge < -0.3 is 45.9 Å². The number of anilines is 1. The molecule has 5 rings (SSSR count). The lowest BCUT2D eigenvalue weighted by Gasteiger charge is -2.52. The van der Waals surface area contributed by atoms with Crippen molar-refractivity contribution >= 4 is 75.5 Å². The van der Waals surface area contributed by atoms with Crippen molar-refractivity contribution in [3.05, 3.63) is 45.6 Å². The van der Waals surface area contributed by atoms with Crippen LogP contribution in [0.5, 0.6) is 11.5 Å². The number of carboxylic acid groups (broad SMARTS) is 3. The number of thiazole rings is 1. The molecular formula is C32H36N7O13S2+. The zero-order valence-corrected chi connectivity index (χ0v) is 30.5. The van der Waals surface area contributed by atoms with E-state index in [1.807, 2.05) is 13.8 Å². The molecule has 2 aromatic rings. The number of imide groups is 1. The molecule has 1 aromatic heterocycles. The molecule has 20 nitrogen and oxygen atoms in total. The van der Waals surface area contributed by atoms with Crippen molar-refractivity contribution in [3.63, 3.8) is 0 Å². The number of phenolic OH excluding ortho intramolecular Hbond substituents is 2. The normalized spacial score (nSPS) is 20.3. The van der Waals surface area contributed by atoms with Crippen molar-refractivity contribution in [2.24, 2.45) is 5.16 Å². The molecule has 288 valence electrons. The Bertz CT molecular complexity index is 2010. The first-order valence-corrected chi connectivity index (χ1v) is 18.2. The molecule has 1 aromatic carbocycles. The number of likely N-dealkylation sites (N-methyl/N-ethyl adjacent to an activating group) is 1. The molecule has 1 saturated heterocycles. The summed E-state index contributed by atoms with van der Waals surface area (Å²) in [6.45, 7) is 6.56. The Morgan fingerprint density at radius 3 is 2.35 bits per heavy atom. The molecule has 4 heterocycles. The Hall–Kier alpha value is -5.74. The van der Waals surface area contributed by atoms with Gasteiger partial charge in [0, 0.05) is 16.2 Å². The summed E-state index contributed by atoms with van der Waals surface area (Å²) in [5.74, 6) is -9.06. The van der Waals surface area contributed by atoms with Crippen LogP contribution in [0.3, 0.4) is 0 Å². The maximum absolute atomic E-state index is 13.6. The number of aromatic nitrogens is 1. The number of rotatable bonds is 16. The number of aromatic hydroxyl groups is 2. The van der Waals surface area contributed by atoms with Gasteiger partial charge in [-0.25, -0.2) is 14.6 Å². The Balaban J connectivity index is 1.36. The number of oxime groups is 1. The van der Waals surface area contributed by atoms with E-state index in [1.54, 1.807) is 6.92 Å². The van der Waals surface area contributed by atoms with Gasteiger partial charge in [-0.15, -0.1) is 23.1 Å². The number of phenols is 2. The third kappa shape index (κ3) is 7.26. The second-order valence-electron chi connectivity index (χ2n) is 12.5. The van der Waals surface area contributed by atoms with Gasteiger partial charge in [0.15, 0.2) is 22.3 Å². The number of nitrogens with zero attached hydrogens (tertiary/aromatic N) is 5. The molecule has 0 bridgehead atoms. The first-order chi connectivity index (χ1) is 25.4. The van der Waals surface area contributed by atoms with E-state index in [2.05, 4.69) is 15.5 Å². The molecule has 0 saturated carbocycles. The number of benzene rings is 1. The van der Waals surface area contributed by atoms with E-state index >= 15 is 0 Å². The number of fused-ring (bicyclic) bond motifs is 2. The van der Waals surface area contributed by atoms with Crippen LogP contribution in [-0.4, -0.2) is 148 Å². The summed E-state index contributed by atoms with van der Waals surface area (Å²) in [5, 5.41) is 54.9. The standard InChI is InChI=1S/C32H35N7O13S2/c1-4-39(5-2,9-8-37-26(45)14-6-7-17(40)24(43)20(14)27(37)46)11-15-13(3)54-29-22(28(47)38(29)23(15)31(50)51)35-25(44)21(16-12-53-32(33)34-16)36-52-18(30(48)49)10-19(41)42/h6-7,12-13,18,22,29H,4-5,8-11H2,1-3H3,(H7-,33,34,35,36,40,41,42,43,44,45,46,48,49,50,51)/p+1/t13-,18?,22+,29+/m0/s1. The molecule has 0 radical (unpaired) electrons. The number of nitrogen functional groups attached to an aromatic ring is 1. The van der Waals surface area contributed by atoms with Gasteiger partial charge in [-0.3, -0.25) is 33.8 Å². The summed E-state index contributed by atoms with van der Waals surface area (Å²) in [4.78, 5) is 99.6. The van der Waals surface area contributed by atoms with Crippen LogP contribution in [0.2, 0.25) is 0 Å². The van der Waals surface area contributed by atoms with Gasteiger partial charge in [0.2, 0.25) is 6.10 Å². The Labute approximate surface area is 314 Å². The highest BCUT2D eigenvalue weighted by atomic mass is 32.2. The van der Waals surface area contributed by atoms with Crippen molar-refractivity contribution in [1.29, 1.82) is 0 Å². The van der Waals surface area contributed by atoms with Gasteiger partial charge in [0.1, 0.15) is 29.4 Å². The fourth-order valence-corrected chi connectivity index (χ4v) is 8.37. The zero-order valence-electron chi connectivity index (χ0n) is 28.9. The second kappa shape index (κ2) is 15.3. The SMILES string of the molecule is CC[N+](CC)(CCN1C(=O)c2ccc(O)c(O)c2C1=O)CC1=C(C(=O)O)N2C(=O)[C@@H](NC(=O)/C(=N\OC(CC(=O)O)C(=O)O)c3csc(N)n3)[C@H]2S[C@H]1C. The van der Waals surface area contributed by atoms with Crippen LogP contribution in [0.4, 0.5) is 5.13 Å². The number of aliphatic carboxylic acids is 3. The molecule has 4 atom stereocenters. The minimum absolute atomic E-state index is 0.00842. The van der Waals surface area contributed by atoms with Crippen LogP contribution in [0.15, 0.2) is 33.9 Å². The van der Waals surface area contributed by atoms with Crippen molar-refractivity contribution < 1.29 is 68.4 Å². The van der Waals surface area contributed by atoms with E-state index < -0.39 is 87.9 Å². The van der Waals surface area contributed by atoms with E-state index in [4.69, 9.17) is 15.7 Å². The highest BCUT2D eigenvalue weighted by Gasteiger charge is 2.56. The predicted octanol–water partition coefficient (Wildman–Crippen LogP) is 0.0650. The fraction of sp³-hybridized carbons (Fsp3) is 0.406. The number of hydrogen-bond donors (Lipinski definition) is 7. The smallest absolute Gasteiger partial charge is 0.352 e.